The van der Waals surface area contributed by atoms with Crippen LogP contribution in [-0.2, 0) is 19.1 Å². The number of hydrogen-bond donors (Lipinski definition) is 4. The molecule has 2 saturated heterocycles. The Morgan fingerprint density at radius 2 is 1.14 bits per heavy atom. The van der Waals surface area contributed by atoms with Crippen LogP contribution in [0.4, 0.5) is 9.59 Å². The van der Waals surface area contributed by atoms with Crippen molar-refractivity contribution in [3.05, 3.63) is 91.2 Å². The zero-order valence-corrected chi connectivity index (χ0v) is 39.5. The number of imidazole rings is 2. The van der Waals surface area contributed by atoms with E-state index >= 15 is 0 Å². The number of likely N-dealkylation sites (tertiary alicyclic amines) is 2. The maximum Gasteiger partial charge on any atom is 0.407 e. The van der Waals surface area contributed by atoms with Crippen LogP contribution in [0.5, 0.6) is 0 Å². The van der Waals surface area contributed by atoms with Crippen molar-refractivity contribution in [2.24, 2.45) is 11.8 Å². The van der Waals surface area contributed by atoms with Crippen molar-refractivity contribution >= 4 is 38.8 Å². The molecular formula is C45H56N14O6Si. The molecule has 0 saturated carbocycles. The van der Waals surface area contributed by atoms with E-state index in [0.717, 1.165) is 39.0 Å². The van der Waals surface area contributed by atoms with E-state index in [-0.39, 0.29) is 35.7 Å². The van der Waals surface area contributed by atoms with Crippen molar-refractivity contribution in [3.63, 3.8) is 0 Å². The highest BCUT2D eigenvalue weighted by atomic mass is 28.2. The van der Waals surface area contributed by atoms with Gasteiger partial charge in [0, 0.05) is 25.5 Å². The third kappa shape index (κ3) is 9.46. The van der Waals surface area contributed by atoms with E-state index in [4.69, 9.17) is 19.4 Å². The number of aromatic nitrogens is 10. The van der Waals surface area contributed by atoms with E-state index in [1.807, 2.05) is 62.8 Å². The van der Waals surface area contributed by atoms with Gasteiger partial charge in [-0.25, -0.2) is 28.9 Å². The summed E-state index contributed by atoms with van der Waals surface area (Å²) in [5, 5.41) is 23.4. The average molecular weight is 917 g/mol. The molecule has 2 fully saturated rings. The minimum Gasteiger partial charge on any atom is -0.453 e. The first-order valence-corrected chi connectivity index (χ1v) is 24.3. The number of aromatic amines is 2. The molecular weight excluding hydrogens is 861 g/mol. The fraction of sp³-hybridized carbons (Fsp3) is 0.422. The number of nitrogens with one attached hydrogen (secondary N) is 4. The van der Waals surface area contributed by atoms with Crippen molar-refractivity contribution in [2.45, 2.75) is 83.3 Å². The highest BCUT2D eigenvalue weighted by Gasteiger charge is 2.44. The van der Waals surface area contributed by atoms with Gasteiger partial charge >= 0.3 is 12.2 Å². The van der Waals surface area contributed by atoms with E-state index in [1.165, 1.54) is 14.2 Å². The molecule has 6 heterocycles. The molecule has 0 spiro atoms. The van der Waals surface area contributed by atoms with Gasteiger partial charge in [0.1, 0.15) is 23.7 Å². The Morgan fingerprint density at radius 3 is 1.53 bits per heavy atom. The highest BCUT2D eigenvalue weighted by Crippen LogP contribution is 2.40. The van der Waals surface area contributed by atoms with Gasteiger partial charge in [-0.3, -0.25) is 9.59 Å². The summed E-state index contributed by atoms with van der Waals surface area (Å²) in [7, 11) is 2.05. The molecule has 0 unspecified atom stereocenters. The van der Waals surface area contributed by atoms with Crippen LogP contribution in [0.25, 0.3) is 33.6 Å². The smallest absolute Gasteiger partial charge is 0.407 e. The summed E-state index contributed by atoms with van der Waals surface area (Å²) in [5.74, 6) is 0.458. The third-order valence-corrected chi connectivity index (χ3v) is 13.6. The molecule has 6 aromatic rings. The van der Waals surface area contributed by atoms with Crippen molar-refractivity contribution in [3.8, 4) is 33.6 Å². The molecule has 4 N–H and O–H groups in total. The maximum absolute atomic E-state index is 14.2. The minimum atomic E-state index is -0.792. The number of amides is 4. The molecule has 8 rings (SSSR count). The number of hydrogen-bond acceptors (Lipinski definition) is 12. The van der Waals surface area contributed by atoms with Gasteiger partial charge in [0.2, 0.25) is 11.8 Å². The second-order valence-electron chi connectivity index (χ2n) is 17.5. The molecule has 2 aliphatic heterocycles. The lowest BCUT2D eigenvalue weighted by molar-refractivity contribution is -0.136. The molecule has 0 radical (unpaired) electrons. The monoisotopic (exact) mass is 916 g/mol. The molecule has 66 heavy (non-hydrogen) atoms. The Kier molecular flexibility index (Phi) is 13.4. The molecule has 2 aromatic carbocycles. The van der Waals surface area contributed by atoms with Gasteiger partial charge in [-0.15, -0.1) is 10.2 Å². The lowest BCUT2D eigenvalue weighted by atomic mass is 10.0. The van der Waals surface area contributed by atoms with E-state index < -0.39 is 45.9 Å². The van der Waals surface area contributed by atoms with Crippen LogP contribution in [0, 0.1) is 11.8 Å². The number of ether oxygens (including phenoxy) is 2. The predicted molar refractivity (Wildman–Crippen MR) is 246 cm³/mol. The summed E-state index contributed by atoms with van der Waals surface area (Å²) >= 11 is 0. The molecule has 20 nitrogen and oxygen atoms in total. The maximum atomic E-state index is 14.2. The Labute approximate surface area is 384 Å². The summed E-state index contributed by atoms with van der Waals surface area (Å²) in [6.45, 7) is 10.4. The number of benzene rings is 2. The van der Waals surface area contributed by atoms with E-state index in [0.29, 0.717) is 37.6 Å². The van der Waals surface area contributed by atoms with Gasteiger partial charge in [-0.1, -0.05) is 93.2 Å². The van der Waals surface area contributed by atoms with Gasteiger partial charge in [0.15, 0.2) is 0 Å². The zero-order valence-electron chi connectivity index (χ0n) is 38.1. The van der Waals surface area contributed by atoms with Gasteiger partial charge in [-0.2, -0.15) is 0 Å². The topological polar surface area (TPSA) is 236 Å². The Morgan fingerprint density at radius 1 is 0.682 bits per heavy atom. The molecule has 0 aliphatic carbocycles. The lowest BCUT2D eigenvalue weighted by Gasteiger charge is -2.29. The molecule has 4 amide bonds. The fourth-order valence-electron chi connectivity index (χ4n) is 8.83. The second-order valence-corrected chi connectivity index (χ2v) is 18.9. The summed E-state index contributed by atoms with van der Waals surface area (Å²) in [6.07, 6.45) is 8.73. The number of carbonyl (C=O) groups excluding carboxylic acids is 4. The number of rotatable bonds is 14. The number of carbonyl (C=O) groups is 4. The first-order chi connectivity index (χ1) is 31.8. The van der Waals surface area contributed by atoms with Crippen molar-refractivity contribution in [2.75, 3.05) is 27.3 Å². The van der Waals surface area contributed by atoms with Crippen LogP contribution in [-0.4, -0.2) is 133 Å². The van der Waals surface area contributed by atoms with Crippen molar-refractivity contribution in [1.82, 2.24) is 70.4 Å². The van der Waals surface area contributed by atoms with Crippen LogP contribution >= 0.6 is 0 Å². The fourth-order valence-corrected chi connectivity index (χ4v) is 9.40. The number of H-pyrrole nitrogens is 2. The number of alkyl carbamates (subject to hydrolysis) is 2. The quantitative estimate of drug-likeness (QED) is 0.114. The molecule has 2 aliphatic rings. The summed E-state index contributed by atoms with van der Waals surface area (Å²) in [4.78, 5) is 72.7. The van der Waals surface area contributed by atoms with E-state index in [1.54, 1.807) is 39.3 Å². The Hall–Kier alpha value is -7.16. The van der Waals surface area contributed by atoms with Gasteiger partial charge in [-0.05, 0) is 46.9 Å². The van der Waals surface area contributed by atoms with Gasteiger partial charge in [0.25, 0.3) is 0 Å². The minimum absolute atomic E-state index is 0.116. The number of methoxy groups -OCH3 is 2. The highest BCUT2D eigenvalue weighted by molar-refractivity contribution is 6.50. The summed E-state index contributed by atoms with van der Waals surface area (Å²) in [5.41, 5.74) is 5.50. The van der Waals surface area contributed by atoms with Crippen LogP contribution < -0.4 is 16.0 Å². The van der Waals surface area contributed by atoms with Gasteiger partial charge in [0.05, 0.1) is 83.2 Å². The third-order valence-electron chi connectivity index (χ3n) is 12.6. The van der Waals surface area contributed by atoms with Gasteiger partial charge < -0.3 is 39.9 Å². The lowest BCUT2D eigenvalue weighted by Crippen LogP contribution is -2.51. The van der Waals surface area contributed by atoms with E-state index in [2.05, 4.69) is 72.0 Å². The van der Waals surface area contributed by atoms with Crippen LogP contribution in [0.2, 0.25) is 6.55 Å². The molecule has 21 heteroatoms. The van der Waals surface area contributed by atoms with Crippen molar-refractivity contribution in [1.29, 1.82) is 0 Å². The van der Waals surface area contributed by atoms with Crippen LogP contribution in [0.3, 0.4) is 0 Å². The number of nitrogens with zero attached hydrogens (tertiary/aromatic N) is 10. The first-order valence-electron chi connectivity index (χ1n) is 22.2. The zero-order chi connectivity index (χ0) is 46.6. The van der Waals surface area contributed by atoms with Crippen LogP contribution in [0.15, 0.2) is 79.5 Å². The average Bonchev–Trinajstić information content (AvgIpc) is 4.19. The Bertz CT molecular complexity index is 2630. The molecule has 4 aromatic heterocycles. The summed E-state index contributed by atoms with van der Waals surface area (Å²) in [6, 6.07) is 13.7. The predicted octanol–water partition coefficient (Wildman–Crippen LogP) is 3.95. The molecule has 346 valence electrons. The van der Waals surface area contributed by atoms with Crippen molar-refractivity contribution < 1.29 is 28.7 Å². The SMILES string of the molecule is COC(=O)N[C@H](C(=O)N1C[C@H](n2ccnn2)C[C@H]1c1ncc(-c2ccc(-c3ccc(-c4cnc([C@@H]5C[C@@H](n6cc([SiH2]C)nn6)CN5C(=O)[C@@H](NC(=O)OC)C(C)C)[nH]4)cc3)cc2)[nH]1)C(C)C. The second kappa shape index (κ2) is 19.5. The van der Waals surface area contributed by atoms with Crippen LogP contribution in [0.1, 0.15) is 76.4 Å². The summed E-state index contributed by atoms with van der Waals surface area (Å²) < 4.78 is 13.3. The van der Waals surface area contributed by atoms with E-state index in [9.17, 15) is 19.2 Å². The standard InChI is InChI=1S/C45H56N14O6Si/c1-25(2)38(51-44(62)64-5)42(60)56-22-31(58-17-16-48-54-58)18-35(56)40-46-20-33(49-40)29-12-8-27(9-13-29)28-10-14-30(15-11-28)34-21-47-41(50-34)36-19-32(59-24-37(66-7)53-55-59)23-57(36)43(61)39(26(3)4)52-45(63)65-6/h8-17,20-21,24-26,31-32,35-36,38-39H,18-19,22-23,66H2,1-7H3,(H,46,49)(H,47,50)(H,51,62)(H,52,63)/t31-,32-,35+,36+,38+,39+/m1/s1. The molecule has 0 bridgehead atoms. The largest absolute Gasteiger partial charge is 0.453 e. The molecule has 6 atom stereocenters. The first kappa shape index (κ1) is 45.4. The Balaban J connectivity index is 0.976. The normalized spacial score (nSPS) is 19.5.